The van der Waals surface area contributed by atoms with E-state index in [0.717, 1.165) is 25.2 Å². The van der Waals surface area contributed by atoms with Crippen LogP contribution in [0.4, 0.5) is 10.1 Å². The van der Waals surface area contributed by atoms with Crippen molar-refractivity contribution < 1.29 is 4.39 Å². The summed E-state index contributed by atoms with van der Waals surface area (Å²) in [6.07, 6.45) is 5.95. The summed E-state index contributed by atoms with van der Waals surface area (Å²) < 4.78 is 17.4. The standard InChI is InChI=1S/C21H21FN6O/c1-13-9-27-11-16(7-18(22)20(27)25-13)28-12-24-19-8-15(3-4-17(19)21(28)29)26-6-5-14(10-26)23-2/h3-4,7-9,11-12,14,23H,5-6,10H2,1-2H3/t14-/m1/s1. The van der Waals surface area contributed by atoms with Crippen molar-refractivity contribution >= 4 is 22.2 Å². The summed E-state index contributed by atoms with van der Waals surface area (Å²) in [5.41, 5.74) is 2.82. The highest BCUT2D eigenvalue weighted by molar-refractivity contribution is 5.81. The highest BCUT2D eigenvalue weighted by Gasteiger charge is 2.21. The number of hydrogen-bond donors (Lipinski definition) is 1. The fraction of sp³-hybridized carbons (Fsp3) is 0.286. The molecule has 0 amide bonds. The van der Waals surface area contributed by atoms with Gasteiger partial charge >= 0.3 is 0 Å². The van der Waals surface area contributed by atoms with E-state index in [4.69, 9.17) is 0 Å². The Morgan fingerprint density at radius 3 is 2.86 bits per heavy atom. The third kappa shape index (κ3) is 2.96. The summed E-state index contributed by atoms with van der Waals surface area (Å²) in [4.78, 5) is 24.0. The number of pyridine rings is 1. The molecule has 0 bridgehead atoms. The first-order valence-corrected chi connectivity index (χ1v) is 9.62. The highest BCUT2D eigenvalue weighted by Crippen LogP contribution is 2.23. The van der Waals surface area contributed by atoms with Gasteiger partial charge in [-0.2, -0.15) is 0 Å². The van der Waals surface area contributed by atoms with E-state index in [-0.39, 0.29) is 11.2 Å². The topological polar surface area (TPSA) is 67.5 Å². The lowest BCUT2D eigenvalue weighted by atomic mass is 10.2. The number of aryl methyl sites for hydroxylation is 1. The number of nitrogens with one attached hydrogen (secondary N) is 1. The van der Waals surface area contributed by atoms with Crippen LogP contribution in [0.5, 0.6) is 0 Å². The van der Waals surface area contributed by atoms with Gasteiger partial charge in [0.2, 0.25) is 0 Å². The van der Waals surface area contributed by atoms with E-state index in [1.807, 2.05) is 19.2 Å². The fourth-order valence-electron chi connectivity index (χ4n) is 4.02. The largest absolute Gasteiger partial charge is 0.370 e. The molecular formula is C21H21FN6O. The molecule has 29 heavy (non-hydrogen) atoms. The van der Waals surface area contributed by atoms with E-state index in [2.05, 4.69) is 20.2 Å². The number of nitrogens with zero attached hydrogens (tertiary/aromatic N) is 5. The van der Waals surface area contributed by atoms with E-state index >= 15 is 0 Å². The van der Waals surface area contributed by atoms with Crippen molar-refractivity contribution in [3.63, 3.8) is 0 Å². The SMILES string of the molecule is CN[C@@H]1CCN(c2ccc3c(=O)n(-c4cc(F)c5nc(C)cn5c4)cnc3c2)C1. The number of imidazole rings is 1. The summed E-state index contributed by atoms with van der Waals surface area (Å²) in [7, 11) is 1.98. The molecule has 3 aromatic heterocycles. The molecule has 1 aliphatic rings. The molecule has 8 heteroatoms. The van der Waals surface area contributed by atoms with Gasteiger partial charge in [0.1, 0.15) is 6.33 Å². The van der Waals surface area contributed by atoms with Crippen LogP contribution in [-0.2, 0) is 0 Å². The number of anilines is 1. The summed E-state index contributed by atoms with van der Waals surface area (Å²) in [5.74, 6) is -0.480. The number of rotatable bonds is 3. The van der Waals surface area contributed by atoms with Crippen LogP contribution in [0.15, 0.2) is 47.8 Å². The average molecular weight is 392 g/mol. The predicted molar refractivity (Wildman–Crippen MR) is 110 cm³/mol. The average Bonchev–Trinajstić information content (AvgIpc) is 3.34. The van der Waals surface area contributed by atoms with E-state index in [0.29, 0.717) is 28.3 Å². The lowest BCUT2D eigenvalue weighted by molar-refractivity contribution is 0.617. The van der Waals surface area contributed by atoms with Gasteiger partial charge in [0.05, 0.1) is 22.3 Å². The molecule has 0 radical (unpaired) electrons. The first-order chi connectivity index (χ1) is 14.0. The van der Waals surface area contributed by atoms with Crippen molar-refractivity contribution in [2.75, 3.05) is 25.0 Å². The van der Waals surface area contributed by atoms with Gasteiger partial charge in [0.25, 0.3) is 5.56 Å². The van der Waals surface area contributed by atoms with Crippen LogP contribution in [0.3, 0.4) is 0 Å². The number of halogens is 1. The van der Waals surface area contributed by atoms with Crippen LogP contribution in [-0.4, -0.2) is 45.1 Å². The van der Waals surface area contributed by atoms with Crippen LogP contribution in [0.1, 0.15) is 12.1 Å². The Morgan fingerprint density at radius 2 is 2.07 bits per heavy atom. The van der Waals surface area contributed by atoms with Crippen molar-refractivity contribution in [3.05, 3.63) is 64.9 Å². The van der Waals surface area contributed by atoms with Gasteiger partial charge in [-0.25, -0.2) is 14.4 Å². The molecule has 5 rings (SSSR count). The lowest BCUT2D eigenvalue weighted by Crippen LogP contribution is -2.29. The number of aromatic nitrogens is 4. The zero-order chi connectivity index (χ0) is 20.1. The van der Waals surface area contributed by atoms with Crippen molar-refractivity contribution in [2.45, 2.75) is 19.4 Å². The summed E-state index contributed by atoms with van der Waals surface area (Å²) in [6, 6.07) is 7.49. The number of likely N-dealkylation sites (N-methyl/N-ethyl adjacent to an activating group) is 1. The molecule has 1 aromatic carbocycles. The molecular weight excluding hydrogens is 371 g/mol. The molecule has 0 aliphatic carbocycles. The molecule has 1 aliphatic heterocycles. The molecule has 148 valence electrons. The smallest absolute Gasteiger partial charge is 0.265 e. The molecule has 4 heterocycles. The number of hydrogen-bond acceptors (Lipinski definition) is 5. The number of benzene rings is 1. The second-order valence-corrected chi connectivity index (χ2v) is 7.50. The first kappa shape index (κ1) is 17.8. The van der Waals surface area contributed by atoms with Gasteiger partial charge < -0.3 is 14.6 Å². The van der Waals surface area contributed by atoms with Crippen LogP contribution >= 0.6 is 0 Å². The molecule has 7 nitrogen and oxygen atoms in total. The Kier molecular flexibility index (Phi) is 4.09. The van der Waals surface area contributed by atoms with Crippen molar-refractivity contribution in [3.8, 4) is 5.69 Å². The Labute approximate surface area is 166 Å². The number of fused-ring (bicyclic) bond motifs is 2. The Bertz CT molecular complexity index is 1290. The van der Waals surface area contributed by atoms with Crippen LogP contribution in [0.25, 0.3) is 22.2 Å². The molecule has 0 spiro atoms. The van der Waals surface area contributed by atoms with Gasteiger partial charge in [-0.05, 0) is 38.6 Å². The maximum absolute atomic E-state index is 14.4. The maximum Gasteiger partial charge on any atom is 0.265 e. The maximum atomic E-state index is 14.4. The Morgan fingerprint density at radius 1 is 1.21 bits per heavy atom. The summed E-state index contributed by atoms with van der Waals surface area (Å²) in [6.45, 7) is 3.70. The highest BCUT2D eigenvalue weighted by atomic mass is 19.1. The third-order valence-electron chi connectivity index (χ3n) is 5.59. The monoisotopic (exact) mass is 392 g/mol. The van der Waals surface area contributed by atoms with Gasteiger partial charge in [0.15, 0.2) is 11.5 Å². The molecule has 1 N–H and O–H groups in total. The second kappa shape index (κ2) is 6.66. The van der Waals surface area contributed by atoms with Crippen molar-refractivity contribution in [1.82, 2.24) is 24.3 Å². The molecule has 0 saturated carbocycles. The zero-order valence-corrected chi connectivity index (χ0v) is 16.3. The Hall–Kier alpha value is -3.26. The van der Waals surface area contributed by atoms with Crippen molar-refractivity contribution in [2.24, 2.45) is 0 Å². The third-order valence-corrected chi connectivity index (χ3v) is 5.59. The van der Waals surface area contributed by atoms with E-state index < -0.39 is 5.82 Å². The zero-order valence-electron chi connectivity index (χ0n) is 16.3. The van der Waals surface area contributed by atoms with Gasteiger partial charge in [-0.1, -0.05) is 0 Å². The molecule has 1 atom stereocenters. The van der Waals surface area contributed by atoms with Crippen LogP contribution < -0.4 is 15.8 Å². The quantitative estimate of drug-likeness (QED) is 0.579. The van der Waals surface area contributed by atoms with E-state index in [9.17, 15) is 9.18 Å². The van der Waals surface area contributed by atoms with E-state index in [1.165, 1.54) is 17.0 Å². The summed E-state index contributed by atoms with van der Waals surface area (Å²) in [5, 5.41) is 3.81. The van der Waals surface area contributed by atoms with Gasteiger partial charge in [0, 0.05) is 43.3 Å². The van der Waals surface area contributed by atoms with Crippen molar-refractivity contribution in [1.29, 1.82) is 0 Å². The first-order valence-electron chi connectivity index (χ1n) is 9.62. The predicted octanol–water partition coefficient (Wildman–Crippen LogP) is 2.28. The minimum absolute atomic E-state index is 0.230. The fourth-order valence-corrected chi connectivity index (χ4v) is 4.02. The molecule has 1 saturated heterocycles. The molecule has 0 unspecified atom stereocenters. The lowest BCUT2D eigenvalue weighted by Gasteiger charge is -2.19. The Balaban J connectivity index is 1.57. The minimum atomic E-state index is -0.480. The second-order valence-electron chi connectivity index (χ2n) is 7.50. The molecule has 1 fully saturated rings. The molecule has 4 aromatic rings. The van der Waals surface area contributed by atoms with Crippen LogP contribution in [0.2, 0.25) is 0 Å². The van der Waals surface area contributed by atoms with Gasteiger partial charge in [-0.15, -0.1) is 0 Å². The van der Waals surface area contributed by atoms with Gasteiger partial charge in [-0.3, -0.25) is 9.36 Å². The minimum Gasteiger partial charge on any atom is -0.370 e. The van der Waals surface area contributed by atoms with Crippen LogP contribution in [0, 0.1) is 12.7 Å². The van der Waals surface area contributed by atoms with E-state index in [1.54, 1.807) is 29.8 Å². The normalized spacial score (nSPS) is 16.9. The summed E-state index contributed by atoms with van der Waals surface area (Å²) >= 11 is 0.